The van der Waals surface area contributed by atoms with Gasteiger partial charge in [0.15, 0.2) is 0 Å². The standard InChI is InChI=1S/C19H24ClN3O2S/c1-4-23(18(25)9-16-12-26-19(22-16)13(2)3)11-17(24)21-10-14-5-7-15(20)8-6-14/h5-8,12-13H,4,9-11H2,1-3H3,(H,21,24). The molecule has 0 saturated carbocycles. The van der Waals surface area contributed by atoms with Crippen molar-refractivity contribution in [2.24, 2.45) is 0 Å². The Morgan fingerprint density at radius 1 is 1.27 bits per heavy atom. The number of aromatic nitrogens is 1. The zero-order valence-electron chi connectivity index (χ0n) is 15.3. The van der Waals surface area contributed by atoms with E-state index >= 15 is 0 Å². The van der Waals surface area contributed by atoms with Crippen LogP contribution in [-0.2, 0) is 22.6 Å². The fraction of sp³-hybridized carbons (Fsp3) is 0.421. The van der Waals surface area contributed by atoms with Crippen molar-refractivity contribution in [3.8, 4) is 0 Å². The molecule has 2 rings (SSSR count). The molecule has 1 aromatic heterocycles. The lowest BCUT2D eigenvalue weighted by atomic mass is 10.2. The molecule has 0 aliphatic carbocycles. The largest absolute Gasteiger partial charge is 0.350 e. The van der Waals surface area contributed by atoms with Crippen molar-refractivity contribution < 1.29 is 9.59 Å². The summed E-state index contributed by atoms with van der Waals surface area (Å²) in [4.78, 5) is 30.7. The molecule has 1 N–H and O–H groups in total. The Kier molecular flexibility index (Phi) is 7.60. The maximum atomic E-state index is 12.5. The maximum Gasteiger partial charge on any atom is 0.239 e. The van der Waals surface area contributed by atoms with Crippen molar-refractivity contribution in [1.29, 1.82) is 0 Å². The van der Waals surface area contributed by atoms with Crippen LogP contribution >= 0.6 is 22.9 Å². The highest BCUT2D eigenvalue weighted by atomic mass is 35.5. The van der Waals surface area contributed by atoms with Crippen molar-refractivity contribution >= 4 is 34.8 Å². The highest BCUT2D eigenvalue weighted by molar-refractivity contribution is 7.09. The van der Waals surface area contributed by atoms with Crippen LogP contribution < -0.4 is 5.32 Å². The molecule has 5 nitrogen and oxygen atoms in total. The van der Waals surface area contributed by atoms with Gasteiger partial charge < -0.3 is 10.2 Å². The lowest BCUT2D eigenvalue weighted by molar-refractivity contribution is -0.135. The summed E-state index contributed by atoms with van der Waals surface area (Å²) in [5, 5.41) is 6.43. The number of carbonyl (C=O) groups excluding carboxylic acids is 2. The molecule has 0 atom stereocenters. The maximum absolute atomic E-state index is 12.5. The van der Waals surface area contributed by atoms with Gasteiger partial charge in [0, 0.05) is 29.4 Å². The minimum absolute atomic E-state index is 0.0457. The van der Waals surface area contributed by atoms with Crippen LogP contribution in [0.25, 0.3) is 0 Å². The normalized spacial score (nSPS) is 10.8. The molecule has 26 heavy (non-hydrogen) atoms. The van der Waals surface area contributed by atoms with Gasteiger partial charge in [-0.15, -0.1) is 11.3 Å². The molecule has 2 aromatic rings. The predicted molar refractivity (Wildman–Crippen MR) is 105 cm³/mol. The minimum atomic E-state index is -0.184. The molecular weight excluding hydrogens is 370 g/mol. The summed E-state index contributed by atoms with van der Waals surface area (Å²) in [6.45, 7) is 6.95. The number of hydrogen-bond acceptors (Lipinski definition) is 4. The molecule has 7 heteroatoms. The Morgan fingerprint density at radius 2 is 1.96 bits per heavy atom. The van der Waals surface area contributed by atoms with Crippen molar-refractivity contribution in [1.82, 2.24) is 15.2 Å². The van der Waals surface area contributed by atoms with Gasteiger partial charge in [0.1, 0.15) is 0 Å². The molecule has 2 amide bonds. The van der Waals surface area contributed by atoms with E-state index in [-0.39, 0.29) is 24.8 Å². The first kappa shape index (κ1) is 20.4. The first-order chi connectivity index (χ1) is 12.4. The van der Waals surface area contributed by atoms with Crippen molar-refractivity contribution in [2.75, 3.05) is 13.1 Å². The number of thiazole rings is 1. The number of rotatable bonds is 8. The van der Waals surface area contributed by atoms with Crippen LogP contribution in [-0.4, -0.2) is 34.8 Å². The van der Waals surface area contributed by atoms with E-state index in [4.69, 9.17) is 11.6 Å². The Bertz CT molecular complexity index is 743. The van der Waals surface area contributed by atoms with E-state index in [0.717, 1.165) is 16.3 Å². The van der Waals surface area contributed by atoms with E-state index in [9.17, 15) is 9.59 Å². The van der Waals surface area contributed by atoms with Crippen LogP contribution in [0.3, 0.4) is 0 Å². The molecule has 140 valence electrons. The van der Waals surface area contributed by atoms with Gasteiger partial charge in [-0.2, -0.15) is 0 Å². The third kappa shape index (κ3) is 6.11. The van der Waals surface area contributed by atoms with E-state index in [0.29, 0.717) is 24.0 Å². The second-order valence-electron chi connectivity index (χ2n) is 6.32. The highest BCUT2D eigenvalue weighted by Crippen LogP contribution is 2.19. The third-order valence-corrected chi connectivity index (χ3v) is 5.31. The first-order valence-corrected chi connectivity index (χ1v) is 9.88. The molecule has 0 spiro atoms. The molecule has 0 aliphatic rings. The second kappa shape index (κ2) is 9.69. The van der Waals surface area contributed by atoms with E-state index in [2.05, 4.69) is 24.1 Å². The van der Waals surface area contributed by atoms with Gasteiger partial charge in [0.2, 0.25) is 11.8 Å². The van der Waals surface area contributed by atoms with Crippen LogP contribution in [0.4, 0.5) is 0 Å². The minimum Gasteiger partial charge on any atom is -0.350 e. The summed E-state index contributed by atoms with van der Waals surface area (Å²) >= 11 is 7.42. The monoisotopic (exact) mass is 393 g/mol. The number of benzene rings is 1. The SMILES string of the molecule is CCN(CC(=O)NCc1ccc(Cl)cc1)C(=O)Cc1csc(C(C)C)n1. The van der Waals surface area contributed by atoms with Crippen LogP contribution in [0.5, 0.6) is 0 Å². The van der Waals surface area contributed by atoms with Gasteiger partial charge in [-0.1, -0.05) is 37.6 Å². The zero-order valence-corrected chi connectivity index (χ0v) is 16.9. The van der Waals surface area contributed by atoms with E-state index < -0.39 is 0 Å². The van der Waals surface area contributed by atoms with Gasteiger partial charge in [-0.3, -0.25) is 9.59 Å². The second-order valence-corrected chi connectivity index (χ2v) is 7.65. The van der Waals surface area contributed by atoms with Crippen molar-refractivity contribution in [3.63, 3.8) is 0 Å². The number of likely N-dealkylation sites (N-methyl/N-ethyl adjacent to an activating group) is 1. The summed E-state index contributed by atoms with van der Waals surface area (Å²) in [5.41, 5.74) is 1.73. The molecule has 0 bridgehead atoms. The number of carbonyl (C=O) groups is 2. The molecule has 0 aliphatic heterocycles. The lowest BCUT2D eigenvalue weighted by Gasteiger charge is -2.20. The van der Waals surface area contributed by atoms with Gasteiger partial charge in [0.25, 0.3) is 0 Å². The number of hydrogen-bond donors (Lipinski definition) is 1. The van der Waals surface area contributed by atoms with E-state index in [1.807, 2.05) is 24.4 Å². The van der Waals surface area contributed by atoms with Gasteiger partial charge in [-0.25, -0.2) is 4.98 Å². The Hall–Kier alpha value is -1.92. The number of amides is 2. The van der Waals surface area contributed by atoms with Gasteiger partial charge in [0.05, 0.1) is 23.7 Å². The molecule has 1 aromatic carbocycles. The fourth-order valence-electron chi connectivity index (χ4n) is 2.34. The molecular formula is C19H24ClN3O2S. The van der Waals surface area contributed by atoms with Crippen LogP contribution in [0.2, 0.25) is 5.02 Å². The summed E-state index contributed by atoms with van der Waals surface area (Å²) < 4.78 is 0. The number of halogens is 1. The fourth-order valence-corrected chi connectivity index (χ4v) is 3.31. The molecule has 0 saturated heterocycles. The summed E-state index contributed by atoms with van der Waals surface area (Å²) in [7, 11) is 0. The van der Waals surface area contributed by atoms with Crippen LogP contribution in [0.1, 0.15) is 43.0 Å². The van der Waals surface area contributed by atoms with Gasteiger partial charge in [-0.05, 0) is 24.6 Å². The molecule has 0 radical (unpaired) electrons. The highest BCUT2D eigenvalue weighted by Gasteiger charge is 2.17. The topological polar surface area (TPSA) is 62.3 Å². The number of nitrogens with one attached hydrogen (secondary N) is 1. The third-order valence-electron chi connectivity index (χ3n) is 3.87. The molecule has 0 unspecified atom stereocenters. The quantitative estimate of drug-likeness (QED) is 0.744. The zero-order chi connectivity index (χ0) is 19.1. The van der Waals surface area contributed by atoms with E-state index in [1.54, 1.807) is 28.4 Å². The Morgan fingerprint density at radius 3 is 2.54 bits per heavy atom. The summed E-state index contributed by atoms with van der Waals surface area (Å²) in [6, 6.07) is 7.29. The van der Waals surface area contributed by atoms with E-state index in [1.165, 1.54) is 0 Å². The lowest BCUT2D eigenvalue weighted by Crippen LogP contribution is -2.41. The van der Waals surface area contributed by atoms with Crippen LogP contribution in [0.15, 0.2) is 29.6 Å². The van der Waals surface area contributed by atoms with Crippen LogP contribution in [0, 0.1) is 0 Å². The molecule has 1 heterocycles. The Labute approximate surface area is 163 Å². The van der Waals surface area contributed by atoms with Crippen molar-refractivity contribution in [2.45, 2.75) is 39.7 Å². The smallest absolute Gasteiger partial charge is 0.239 e. The first-order valence-electron chi connectivity index (χ1n) is 8.62. The van der Waals surface area contributed by atoms with Gasteiger partial charge >= 0.3 is 0 Å². The average molecular weight is 394 g/mol. The summed E-state index contributed by atoms with van der Waals surface area (Å²) in [6.07, 6.45) is 0.224. The predicted octanol–water partition coefficient (Wildman–Crippen LogP) is 3.63. The summed E-state index contributed by atoms with van der Waals surface area (Å²) in [5.74, 6) is 0.0795. The molecule has 0 fully saturated rings. The number of nitrogens with zero attached hydrogens (tertiary/aromatic N) is 2. The Balaban J connectivity index is 1.85. The average Bonchev–Trinajstić information content (AvgIpc) is 3.08. The van der Waals surface area contributed by atoms with Crippen molar-refractivity contribution in [3.05, 3.63) is 50.9 Å².